The average molecular weight is 456 g/mol. The molecule has 9 nitrogen and oxygen atoms in total. The second-order valence-electron chi connectivity index (χ2n) is 7.00. The number of carbonyl (C=O) groups excluding carboxylic acids is 2. The van der Waals surface area contributed by atoms with Crippen molar-refractivity contribution in [2.24, 2.45) is 0 Å². The number of carbonyl (C=O) groups is 2. The fourth-order valence-corrected chi connectivity index (χ4v) is 3.27. The molecule has 1 aromatic heterocycles. The third-order valence-corrected chi connectivity index (χ3v) is 4.89. The summed E-state index contributed by atoms with van der Waals surface area (Å²) in [6.45, 7) is 5.92. The summed E-state index contributed by atoms with van der Waals surface area (Å²) in [6, 6.07) is 13.0. The number of H-pyrrole nitrogens is 1. The molecule has 3 aromatic rings. The average Bonchev–Trinajstić information content (AvgIpc) is 3.13. The maximum Gasteiger partial charge on any atom is 0.276 e. The molecule has 168 valence electrons. The number of rotatable bonds is 8. The Morgan fingerprint density at radius 2 is 1.69 bits per heavy atom. The quantitative estimate of drug-likeness (QED) is 0.356. The van der Waals surface area contributed by atoms with Crippen LogP contribution in [0.25, 0.3) is 11.4 Å². The first-order chi connectivity index (χ1) is 15.4. The minimum Gasteiger partial charge on any atom is -0.494 e. The number of aromatic amines is 1. The summed E-state index contributed by atoms with van der Waals surface area (Å²) in [7, 11) is 0. The Balaban J connectivity index is 1.56. The minimum absolute atomic E-state index is 0.129. The van der Waals surface area contributed by atoms with Crippen LogP contribution in [0.5, 0.6) is 11.5 Å². The molecule has 0 radical (unpaired) electrons. The minimum atomic E-state index is -0.483. The lowest BCUT2D eigenvalue weighted by atomic mass is 10.1. The zero-order chi connectivity index (χ0) is 23.1. The van der Waals surface area contributed by atoms with Crippen molar-refractivity contribution in [3.8, 4) is 22.9 Å². The van der Waals surface area contributed by atoms with Gasteiger partial charge >= 0.3 is 0 Å². The highest BCUT2D eigenvalue weighted by Crippen LogP contribution is 2.22. The van der Waals surface area contributed by atoms with Gasteiger partial charge < -0.3 is 9.47 Å². The number of nitrogens with one attached hydrogen (secondary N) is 3. The summed E-state index contributed by atoms with van der Waals surface area (Å²) in [4.78, 5) is 24.5. The number of benzene rings is 2. The third-order valence-electron chi connectivity index (χ3n) is 4.58. The first-order valence-corrected chi connectivity index (χ1v) is 10.4. The van der Waals surface area contributed by atoms with Crippen molar-refractivity contribution in [1.29, 1.82) is 0 Å². The monoisotopic (exact) mass is 455 g/mol. The Hall–Kier alpha value is -3.66. The highest BCUT2D eigenvalue weighted by Gasteiger charge is 2.14. The molecule has 0 aliphatic carbocycles. The van der Waals surface area contributed by atoms with Crippen molar-refractivity contribution < 1.29 is 19.1 Å². The Bertz CT molecular complexity index is 1130. The van der Waals surface area contributed by atoms with E-state index in [1.54, 1.807) is 4.57 Å². The van der Waals surface area contributed by atoms with Gasteiger partial charge in [0.15, 0.2) is 17.2 Å². The fourth-order valence-electron chi connectivity index (χ4n) is 3.07. The molecule has 10 heteroatoms. The molecule has 0 spiro atoms. The summed E-state index contributed by atoms with van der Waals surface area (Å²) < 4.78 is 12.8. The van der Waals surface area contributed by atoms with Gasteiger partial charge in [0.25, 0.3) is 11.8 Å². The van der Waals surface area contributed by atoms with E-state index in [0.717, 1.165) is 22.4 Å². The van der Waals surface area contributed by atoms with Crippen LogP contribution in [0.4, 0.5) is 0 Å². The van der Waals surface area contributed by atoms with Crippen molar-refractivity contribution in [1.82, 2.24) is 25.6 Å². The van der Waals surface area contributed by atoms with E-state index in [1.165, 1.54) is 0 Å². The predicted molar refractivity (Wildman–Crippen MR) is 122 cm³/mol. The molecular formula is C22H25N5O4S. The lowest BCUT2D eigenvalue weighted by Gasteiger charge is -2.13. The number of amides is 2. The van der Waals surface area contributed by atoms with Crippen LogP contribution in [0.1, 0.15) is 18.1 Å². The van der Waals surface area contributed by atoms with Gasteiger partial charge in [-0.1, -0.05) is 18.2 Å². The molecule has 2 aromatic carbocycles. The van der Waals surface area contributed by atoms with Gasteiger partial charge in [-0.15, -0.1) is 0 Å². The summed E-state index contributed by atoms with van der Waals surface area (Å²) in [5.41, 5.74) is 7.34. The number of aryl methyl sites for hydroxylation is 2. The van der Waals surface area contributed by atoms with Crippen molar-refractivity contribution in [3.05, 3.63) is 58.4 Å². The van der Waals surface area contributed by atoms with E-state index in [9.17, 15) is 9.59 Å². The van der Waals surface area contributed by atoms with E-state index < -0.39 is 11.8 Å². The van der Waals surface area contributed by atoms with E-state index in [2.05, 4.69) is 21.0 Å². The van der Waals surface area contributed by atoms with Crippen LogP contribution in [0.2, 0.25) is 0 Å². The van der Waals surface area contributed by atoms with Crippen molar-refractivity contribution in [2.75, 3.05) is 13.2 Å². The summed E-state index contributed by atoms with van der Waals surface area (Å²) in [5.74, 6) is 0.940. The van der Waals surface area contributed by atoms with Crippen LogP contribution < -0.4 is 20.3 Å². The molecule has 0 aliphatic heterocycles. The van der Waals surface area contributed by atoms with Gasteiger partial charge in [0.1, 0.15) is 18.0 Å². The molecule has 0 saturated carbocycles. The lowest BCUT2D eigenvalue weighted by molar-refractivity contribution is -0.130. The van der Waals surface area contributed by atoms with E-state index in [0.29, 0.717) is 18.2 Å². The van der Waals surface area contributed by atoms with Crippen molar-refractivity contribution >= 4 is 24.0 Å². The van der Waals surface area contributed by atoms with Gasteiger partial charge in [-0.25, -0.2) is 0 Å². The molecule has 0 fully saturated rings. The summed E-state index contributed by atoms with van der Waals surface area (Å²) >= 11 is 5.25. The highest BCUT2D eigenvalue weighted by molar-refractivity contribution is 7.71. The molecule has 3 N–H and O–H groups in total. The number of nitrogens with zero attached hydrogens (tertiary/aromatic N) is 2. The Kier molecular flexibility index (Phi) is 7.61. The van der Waals surface area contributed by atoms with E-state index in [-0.39, 0.29) is 17.9 Å². The van der Waals surface area contributed by atoms with Crippen LogP contribution in [0.3, 0.4) is 0 Å². The van der Waals surface area contributed by atoms with E-state index >= 15 is 0 Å². The largest absolute Gasteiger partial charge is 0.494 e. The second kappa shape index (κ2) is 10.6. The Morgan fingerprint density at radius 3 is 2.34 bits per heavy atom. The van der Waals surface area contributed by atoms with Crippen LogP contribution in [-0.2, 0) is 16.1 Å². The number of aromatic nitrogens is 3. The molecule has 0 bridgehead atoms. The van der Waals surface area contributed by atoms with Gasteiger partial charge in [0, 0.05) is 5.56 Å². The topological polar surface area (TPSA) is 110 Å². The molecule has 3 rings (SSSR count). The van der Waals surface area contributed by atoms with Crippen LogP contribution in [0.15, 0.2) is 42.5 Å². The van der Waals surface area contributed by atoms with Gasteiger partial charge in [-0.05, 0) is 68.4 Å². The van der Waals surface area contributed by atoms with Crippen molar-refractivity contribution in [3.63, 3.8) is 0 Å². The number of para-hydroxylation sites is 1. The van der Waals surface area contributed by atoms with Crippen LogP contribution >= 0.6 is 12.2 Å². The van der Waals surface area contributed by atoms with Gasteiger partial charge in [0.2, 0.25) is 0 Å². The lowest BCUT2D eigenvalue weighted by Crippen LogP contribution is -2.45. The Labute approximate surface area is 190 Å². The SMILES string of the molecule is CCOc1ccc(-c2n[nH]c(=S)n2CC(=O)NNC(=O)COc2c(C)cccc2C)cc1. The first kappa shape index (κ1) is 23.0. The number of hydrazine groups is 1. The maximum atomic E-state index is 12.4. The van der Waals surface area contributed by atoms with Crippen LogP contribution in [-0.4, -0.2) is 39.8 Å². The standard InChI is InChI=1S/C22H25N5O4S/c1-4-30-17-10-8-16(9-11-17)21-25-26-22(32)27(21)12-18(28)23-24-19(29)13-31-20-14(2)6-5-7-15(20)3/h5-11H,4,12-13H2,1-3H3,(H,23,28)(H,24,29)(H,26,32). The normalized spacial score (nSPS) is 10.5. The molecule has 2 amide bonds. The van der Waals surface area contributed by atoms with E-state index in [4.69, 9.17) is 21.7 Å². The zero-order valence-corrected chi connectivity index (χ0v) is 18.9. The van der Waals surface area contributed by atoms with Crippen LogP contribution in [0, 0.1) is 18.6 Å². The number of hydrogen-bond donors (Lipinski definition) is 3. The zero-order valence-electron chi connectivity index (χ0n) is 18.1. The third kappa shape index (κ3) is 5.73. The summed E-state index contributed by atoms with van der Waals surface area (Å²) in [6.07, 6.45) is 0. The Morgan fingerprint density at radius 1 is 1.03 bits per heavy atom. The number of hydrogen-bond acceptors (Lipinski definition) is 6. The first-order valence-electron chi connectivity index (χ1n) is 10.0. The molecule has 32 heavy (non-hydrogen) atoms. The molecule has 0 saturated heterocycles. The van der Waals surface area contributed by atoms with Gasteiger partial charge in [-0.3, -0.25) is 30.1 Å². The maximum absolute atomic E-state index is 12.4. The number of ether oxygens (including phenoxy) is 2. The van der Waals surface area contributed by atoms with Crippen molar-refractivity contribution in [2.45, 2.75) is 27.3 Å². The molecular weight excluding hydrogens is 430 g/mol. The smallest absolute Gasteiger partial charge is 0.276 e. The molecule has 0 atom stereocenters. The van der Waals surface area contributed by atoms with E-state index in [1.807, 2.05) is 63.2 Å². The summed E-state index contributed by atoms with van der Waals surface area (Å²) in [5, 5.41) is 6.90. The molecule has 0 unspecified atom stereocenters. The predicted octanol–water partition coefficient (Wildman–Crippen LogP) is 2.85. The molecule has 0 aliphatic rings. The highest BCUT2D eigenvalue weighted by atomic mass is 32.1. The van der Waals surface area contributed by atoms with Gasteiger partial charge in [0.05, 0.1) is 6.61 Å². The second-order valence-corrected chi connectivity index (χ2v) is 7.39. The fraction of sp³-hybridized carbons (Fsp3) is 0.273. The molecule has 1 heterocycles. The van der Waals surface area contributed by atoms with Gasteiger partial charge in [-0.2, -0.15) is 5.10 Å².